The molecule has 0 atom stereocenters. The van der Waals surface area contributed by atoms with Crippen molar-refractivity contribution in [3.8, 4) is 0 Å². The standard InChI is InChI=1S/C13H15Cl2N5/c1-3-6-16-12-18-11(15)19-13(20-12)17-9-5-4-8(2)10(14)7-9/h4-5,7H,3,6H2,1-2H3,(H2,16,17,18,19,20). The SMILES string of the molecule is CCCNc1nc(Cl)nc(Nc2ccc(C)c(Cl)c2)n1. The highest BCUT2D eigenvalue weighted by atomic mass is 35.5. The Kier molecular flexibility index (Phi) is 4.98. The molecule has 0 aliphatic heterocycles. The second-order valence-corrected chi connectivity index (χ2v) is 5.01. The summed E-state index contributed by atoms with van der Waals surface area (Å²) in [6.45, 7) is 4.78. The normalized spacial score (nSPS) is 10.4. The number of anilines is 3. The van der Waals surface area contributed by atoms with E-state index in [1.165, 1.54) is 0 Å². The summed E-state index contributed by atoms with van der Waals surface area (Å²) in [5, 5.41) is 6.95. The predicted octanol–water partition coefficient (Wildman–Crippen LogP) is 4.05. The number of hydrogen-bond donors (Lipinski definition) is 2. The van der Waals surface area contributed by atoms with Crippen LogP contribution in [0.3, 0.4) is 0 Å². The molecule has 2 aromatic rings. The first-order chi connectivity index (χ1) is 9.58. The highest BCUT2D eigenvalue weighted by Gasteiger charge is 2.06. The molecule has 1 aromatic heterocycles. The summed E-state index contributed by atoms with van der Waals surface area (Å²) < 4.78 is 0. The second kappa shape index (κ2) is 6.72. The van der Waals surface area contributed by atoms with E-state index in [0.29, 0.717) is 16.9 Å². The van der Waals surface area contributed by atoms with E-state index in [9.17, 15) is 0 Å². The predicted molar refractivity (Wildman–Crippen MR) is 83.1 cm³/mol. The van der Waals surface area contributed by atoms with Gasteiger partial charge in [0.1, 0.15) is 0 Å². The minimum atomic E-state index is 0.138. The topological polar surface area (TPSA) is 62.7 Å². The van der Waals surface area contributed by atoms with Crippen LogP contribution in [-0.4, -0.2) is 21.5 Å². The van der Waals surface area contributed by atoms with E-state index in [0.717, 1.165) is 24.2 Å². The first-order valence-corrected chi connectivity index (χ1v) is 7.02. The number of benzene rings is 1. The molecule has 0 amide bonds. The fourth-order valence-corrected chi connectivity index (χ4v) is 1.86. The van der Waals surface area contributed by atoms with E-state index >= 15 is 0 Å². The molecule has 20 heavy (non-hydrogen) atoms. The van der Waals surface area contributed by atoms with Gasteiger partial charge >= 0.3 is 0 Å². The van der Waals surface area contributed by atoms with Crippen LogP contribution in [0.5, 0.6) is 0 Å². The monoisotopic (exact) mass is 311 g/mol. The van der Waals surface area contributed by atoms with Gasteiger partial charge in [-0.05, 0) is 42.6 Å². The maximum Gasteiger partial charge on any atom is 0.233 e. The first kappa shape index (κ1) is 14.8. The third-order valence-electron chi connectivity index (χ3n) is 2.57. The van der Waals surface area contributed by atoms with Gasteiger partial charge in [-0.15, -0.1) is 0 Å². The molecule has 0 radical (unpaired) electrons. The summed E-state index contributed by atoms with van der Waals surface area (Å²) in [4.78, 5) is 12.3. The Morgan fingerprint density at radius 1 is 1.10 bits per heavy atom. The highest BCUT2D eigenvalue weighted by Crippen LogP contribution is 2.22. The average molecular weight is 312 g/mol. The first-order valence-electron chi connectivity index (χ1n) is 6.27. The lowest BCUT2D eigenvalue weighted by Gasteiger charge is -2.08. The molecule has 0 fully saturated rings. The molecule has 106 valence electrons. The van der Waals surface area contributed by atoms with Gasteiger partial charge in [0, 0.05) is 17.3 Å². The molecule has 0 spiro atoms. The van der Waals surface area contributed by atoms with Crippen LogP contribution in [0.1, 0.15) is 18.9 Å². The quantitative estimate of drug-likeness (QED) is 0.872. The van der Waals surface area contributed by atoms with Crippen molar-refractivity contribution in [3.63, 3.8) is 0 Å². The number of hydrogen-bond acceptors (Lipinski definition) is 5. The molecule has 0 bridgehead atoms. The van der Waals surface area contributed by atoms with Gasteiger partial charge in [-0.25, -0.2) is 0 Å². The minimum absolute atomic E-state index is 0.138. The van der Waals surface area contributed by atoms with Crippen LogP contribution in [0.2, 0.25) is 10.3 Å². The van der Waals surface area contributed by atoms with Gasteiger partial charge in [0.05, 0.1) is 0 Å². The molecule has 7 heteroatoms. The lowest BCUT2D eigenvalue weighted by atomic mass is 10.2. The fraction of sp³-hybridized carbons (Fsp3) is 0.308. The zero-order chi connectivity index (χ0) is 14.5. The molecule has 1 aromatic carbocycles. The molecule has 0 aliphatic rings. The Balaban J connectivity index is 2.19. The molecule has 0 unspecified atom stereocenters. The van der Waals surface area contributed by atoms with Crippen molar-refractivity contribution in [1.29, 1.82) is 0 Å². The van der Waals surface area contributed by atoms with E-state index in [2.05, 4.69) is 32.5 Å². The van der Waals surface area contributed by atoms with Crippen molar-refractivity contribution in [2.45, 2.75) is 20.3 Å². The maximum absolute atomic E-state index is 6.08. The third kappa shape index (κ3) is 3.95. The Morgan fingerprint density at radius 3 is 2.55 bits per heavy atom. The van der Waals surface area contributed by atoms with Gasteiger partial charge in [0.2, 0.25) is 17.2 Å². The number of nitrogens with zero attached hydrogens (tertiary/aromatic N) is 3. The molecular weight excluding hydrogens is 297 g/mol. The van der Waals surface area contributed by atoms with Crippen molar-refractivity contribution < 1.29 is 0 Å². The second-order valence-electron chi connectivity index (χ2n) is 4.27. The molecule has 0 aliphatic carbocycles. The summed E-state index contributed by atoms with van der Waals surface area (Å²) in [5.74, 6) is 0.830. The van der Waals surface area contributed by atoms with Crippen LogP contribution in [-0.2, 0) is 0 Å². The van der Waals surface area contributed by atoms with E-state index in [1.807, 2.05) is 25.1 Å². The van der Waals surface area contributed by atoms with Crippen LogP contribution in [0.15, 0.2) is 18.2 Å². The van der Waals surface area contributed by atoms with Crippen LogP contribution in [0.4, 0.5) is 17.6 Å². The summed E-state index contributed by atoms with van der Waals surface area (Å²) in [6.07, 6.45) is 0.972. The van der Waals surface area contributed by atoms with Crippen molar-refractivity contribution in [2.75, 3.05) is 17.2 Å². The van der Waals surface area contributed by atoms with Crippen molar-refractivity contribution in [1.82, 2.24) is 15.0 Å². The number of aryl methyl sites for hydroxylation is 1. The number of nitrogens with one attached hydrogen (secondary N) is 2. The van der Waals surface area contributed by atoms with E-state index in [1.54, 1.807) is 0 Å². The fourth-order valence-electron chi connectivity index (χ4n) is 1.52. The maximum atomic E-state index is 6.08. The Bertz CT molecular complexity index is 603. The van der Waals surface area contributed by atoms with Crippen LogP contribution in [0.25, 0.3) is 0 Å². The van der Waals surface area contributed by atoms with Crippen LogP contribution < -0.4 is 10.6 Å². The van der Waals surface area contributed by atoms with Crippen LogP contribution >= 0.6 is 23.2 Å². The smallest absolute Gasteiger partial charge is 0.233 e. The molecule has 0 saturated carbocycles. The van der Waals surface area contributed by atoms with Gasteiger partial charge in [-0.1, -0.05) is 24.6 Å². The van der Waals surface area contributed by atoms with E-state index in [-0.39, 0.29) is 5.28 Å². The molecule has 0 saturated heterocycles. The van der Waals surface area contributed by atoms with Gasteiger partial charge < -0.3 is 10.6 Å². The van der Waals surface area contributed by atoms with Gasteiger partial charge in [-0.3, -0.25) is 0 Å². The highest BCUT2D eigenvalue weighted by molar-refractivity contribution is 6.31. The number of halogens is 2. The molecule has 1 heterocycles. The summed E-state index contributed by atoms with van der Waals surface area (Å²) in [5.41, 5.74) is 1.81. The minimum Gasteiger partial charge on any atom is -0.354 e. The van der Waals surface area contributed by atoms with Crippen molar-refractivity contribution in [3.05, 3.63) is 34.1 Å². The lowest BCUT2D eigenvalue weighted by Crippen LogP contribution is -2.07. The summed E-state index contributed by atoms with van der Waals surface area (Å²) >= 11 is 12.0. The van der Waals surface area contributed by atoms with Crippen molar-refractivity contribution >= 4 is 40.8 Å². The molecular formula is C13H15Cl2N5. The molecule has 2 rings (SSSR count). The number of aromatic nitrogens is 3. The summed E-state index contributed by atoms with van der Waals surface area (Å²) in [7, 11) is 0. The summed E-state index contributed by atoms with van der Waals surface area (Å²) in [6, 6.07) is 5.63. The molecule has 5 nitrogen and oxygen atoms in total. The third-order valence-corrected chi connectivity index (χ3v) is 3.15. The number of rotatable bonds is 5. The van der Waals surface area contributed by atoms with E-state index in [4.69, 9.17) is 23.2 Å². The van der Waals surface area contributed by atoms with Gasteiger partial charge in [0.25, 0.3) is 0 Å². The zero-order valence-electron chi connectivity index (χ0n) is 11.2. The Hall–Kier alpha value is -1.59. The van der Waals surface area contributed by atoms with Crippen LogP contribution in [0, 0.1) is 6.92 Å². The average Bonchev–Trinajstić information content (AvgIpc) is 2.40. The lowest BCUT2D eigenvalue weighted by molar-refractivity contribution is 0.940. The van der Waals surface area contributed by atoms with Gasteiger partial charge in [0.15, 0.2) is 0 Å². The zero-order valence-corrected chi connectivity index (χ0v) is 12.8. The van der Waals surface area contributed by atoms with E-state index < -0.39 is 0 Å². The Labute approximate surface area is 127 Å². The molecule has 2 N–H and O–H groups in total. The largest absolute Gasteiger partial charge is 0.354 e. The van der Waals surface area contributed by atoms with Crippen molar-refractivity contribution in [2.24, 2.45) is 0 Å². The Morgan fingerprint density at radius 2 is 1.85 bits per heavy atom. The van der Waals surface area contributed by atoms with Gasteiger partial charge in [-0.2, -0.15) is 15.0 Å².